The number of hydrogen-bond donors (Lipinski definition) is 2. The van der Waals surface area contributed by atoms with E-state index in [2.05, 4.69) is 4.72 Å². The Morgan fingerprint density at radius 3 is 2.72 bits per heavy atom. The van der Waals surface area contributed by atoms with Gasteiger partial charge in [-0.05, 0) is 32.0 Å². The molecule has 0 aliphatic heterocycles. The molecule has 7 heteroatoms. The first-order valence-corrected chi connectivity index (χ1v) is 7.26. The first-order chi connectivity index (χ1) is 8.48. The summed E-state index contributed by atoms with van der Waals surface area (Å²) in [7, 11) is -3.48. The zero-order chi connectivity index (χ0) is 13.6. The Bertz CT molecular complexity index is 491. The summed E-state index contributed by atoms with van der Waals surface area (Å²) in [6.07, 6.45) is 0.356. The first-order valence-electron chi connectivity index (χ1n) is 5.61. The maximum atomic E-state index is 13.5. The molecular weight excluding hydrogens is 259 g/mol. The van der Waals surface area contributed by atoms with Crippen molar-refractivity contribution in [2.45, 2.75) is 13.3 Å². The van der Waals surface area contributed by atoms with Crippen LogP contribution in [-0.4, -0.2) is 27.3 Å². The molecule has 0 heterocycles. The lowest BCUT2D eigenvalue weighted by molar-refractivity contribution is 0.321. The van der Waals surface area contributed by atoms with Gasteiger partial charge in [-0.1, -0.05) is 0 Å². The summed E-state index contributed by atoms with van der Waals surface area (Å²) in [6.45, 7) is 2.37. The van der Waals surface area contributed by atoms with E-state index >= 15 is 0 Å². The van der Waals surface area contributed by atoms with E-state index in [1.807, 2.05) is 0 Å². The minimum absolute atomic E-state index is 0.0850. The summed E-state index contributed by atoms with van der Waals surface area (Å²) in [6, 6.07) is 3.93. The zero-order valence-corrected chi connectivity index (χ0v) is 11.0. The van der Waals surface area contributed by atoms with Crippen molar-refractivity contribution in [2.24, 2.45) is 5.73 Å². The van der Waals surface area contributed by atoms with Crippen LogP contribution >= 0.6 is 0 Å². The molecule has 0 bridgehead atoms. The fraction of sp³-hybridized carbons (Fsp3) is 0.455. The smallest absolute Gasteiger partial charge is 0.232 e. The predicted molar refractivity (Wildman–Crippen MR) is 68.6 cm³/mol. The molecule has 0 fully saturated rings. The van der Waals surface area contributed by atoms with Crippen LogP contribution in [0, 0.1) is 5.82 Å². The van der Waals surface area contributed by atoms with E-state index in [1.54, 1.807) is 6.92 Å². The number of nitrogens with two attached hydrogens (primary N) is 1. The summed E-state index contributed by atoms with van der Waals surface area (Å²) in [5.74, 6) is -0.587. The number of rotatable bonds is 7. The molecule has 5 nitrogen and oxygen atoms in total. The second-order valence-corrected chi connectivity index (χ2v) is 5.48. The lowest BCUT2D eigenvalue weighted by Crippen LogP contribution is -2.19. The summed E-state index contributed by atoms with van der Waals surface area (Å²) in [5, 5.41) is 0. The lowest BCUT2D eigenvalue weighted by atomic mass is 10.3. The molecule has 1 aromatic carbocycles. The van der Waals surface area contributed by atoms with Crippen LogP contribution in [0.4, 0.5) is 10.1 Å². The molecule has 0 spiro atoms. The minimum Gasteiger partial charge on any atom is -0.491 e. The number of ether oxygens (including phenoxy) is 1. The zero-order valence-electron chi connectivity index (χ0n) is 10.1. The highest BCUT2D eigenvalue weighted by molar-refractivity contribution is 7.92. The Kier molecular flexibility index (Phi) is 5.36. The van der Waals surface area contributed by atoms with Crippen molar-refractivity contribution in [2.75, 3.05) is 23.6 Å². The molecule has 0 aliphatic rings. The molecule has 0 saturated carbocycles. The quantitative estimate of drug-likeness (QED) is 0.787. The summed E-state index contributed by atoms with van der Waals surface area (Å²) < 4.78 is 43.9. The van der Waals surface area contributed by atoms with Gasteiger partial charge in [0.2, 0.25) is 10.0 Å². The van der Waals surface area contributed by atoms with Crippen molar-refractivity contribution >= 4 is 15.7 Å². The SMILES string of the molecule is CCOc1ccc(NS(=O)(=O)CCCN)cc1F. The summed E-state index contributed by atoms with van der Waals surface area (Å²) in [4.78, 5) is 0. The molecule has 102 valence electrons. The third-order valence-electron chi connectivity index (χ3n) is 2.12. The predicted octanol–water partition coefficient (Wildman–Crippen LogP) is 1.31. The molecule has 1 aromatic rings. The monoisotopic (exact) mass is 276 g/mol. The van der Waals surface area contributed by atoms with Gasteiger partial charge in [-0.15, -0.1) is 0 Å². The van der Waals surface area contributed by atoms with Crippen LogP contribution in [-0.2, 0) is 10.0 Å². The molecule has 3 N–H and O–H groups in total. The number of halogens is 1. The van der Waals surface area contributed by atoms with Crippen LogP contribution < -0.4 is 15.2 Å². The van der Waals surface area contributed by atoms with Gasteiger partial charge in [-0.2, -0.15) is 0 Å². The normalized spacial score (nSPS) is 11.3. The van der Waals surface area contributed by atoms with Gasteiger partial charge in [-0.3, -0.25) is 4.72 Å². The molecule has 1 rings (SSSR count). The van der Waals surface area contributed by atoms with Gasteiger partial charge >= 0.3 is 0 Å². The van der Waals surface area contributed by atoms with Crippen molar-refractivity contribution in [3.63, 3.8) is 0 Å². The number of hydrogen-bond acceptors (Lipinski definition) is 4. The Hall–Kier alpha value is -1.34. The number of sulfonamides is 1. The van der Waals surface area contributed by atoms with Gasteiger partial charge in [0.15, 0.2) is 11.6 Å². The van der Waals surface area contributed by atoms with Crippen molar-refractivity contribution in [3.05, 3.63) is 24.0 Å². The maximum Gasteiger partial charge on any atom is 0.232 e. The summed E-state index contributed by atoms with van der Waals surface area (Å²) in [5.41, 5.74) is 5.41. The molecule has 0 aromatic heterocycles. The Labute approximate surface area is 106 Å². The van der Waals surface area contributed by atoms with E-state index in [9.17, 15) is 12.8 Å². The highest BCUT2D eigenvalue weighted by atomic mass is 32.2. The van der Waals surface area contributed by atoms with Gasteiger partial charge in [-0.25, -0.2) is 12.8 Å². The molecule has 0 unspecified atom stereocenters. The standard InChI is InChI=1S/C11H17FN2O3S/c1-2-17-11-5-4-9(8-10(11)12)14-18(15,16)7-3-6-13/h4-5,8,14H,2-3,6-7,13H2,1H3. The molecule has 0 atom stereocenters. The van der Waals surface area contributed by atoms with E-state index in [0.717, 1.165) is 6.07 Å². The highest BCUT2D eigenvalue weighted by Gasteiger charge is 2.11. The van der Waals surface area contributed by atoms with Crippen LogP contribution in [0.2, 0.25) is 0 Å². The minimum atomic E-state index is -3.48. The van der Waals surface area contributed by atoms with Gasteiger partial charge < -0.3 is 10.5 Å². The Morgan fingerprint density at radius 2 is 2.17 bits per heavy atom. The molecule has 0 saturated heterocycles. The first kappa shape index (κ1) is 14.7. The third-order valence-corrected chi connectivity index (χ3v) is 3.50. The molecule has 0 aliphatic carbocycles. The van der Waals surface area contributed by atoms with E-state index in [0.29, 0.717) is 19.6 Å². The van der Waals surface area contributed by atoms with E-state index in [-0.39, 0.29) is 17.2 Å². The fourth-order valence-corrected chi connectivity index (χ4v) is 2.48. The maximum absolute atomic E-state index is 13.5. The highest BCUT2D eigenvalue weighted by Crippen LogP contribution is 2.21. The topological polar surface area (TPSA) is 81.4 Å². The summed E-state index contributed by atoms with van der Waals surface area (Å²) >= 11 is 0. The molecule has 18 heavy (non-hydrogen) atoms. The molecule has 0 radical (unpaired) electrons. The lowest BCUT2D eigenvalue weighted by Gasteiger charge is -2.09. The number of nitrogens with one attached hydrogen (secondary N) is 1. The van der Waals surface area contributed by atoms with E-state index < -0.39 is 15.8 Å². The van der Waals surface area contributed by atoms with Gasteiger partial charge in [0.1, 0.15) is 0 Å². The number of anilines is 1. The molecular formula is C11H17FN2O3S. The fourth-order valence-electron chi connectivity index (χ4n) is 1.34. The second-order valence-electron chi connectivity index (χ2n) is 3.64. The molecule has 0 amide bonds. The van der Waals surface area contributed by atoms with Crippen LogP contribution in [0.25, 0.3) is 0 Å². The second kappa shape index (κ2) is 6.55. The van der Waals surface area contributed by atoms with Crippen LogP contribution in [0.5, 0.6) is 5.75 Å². The van der Waals surface area contributed by atoms with Gasteiger partial charge in [0.05, 0.1) is 18.0 Å². The van der Waals surface area contributed by atoms with Crippen LogP contribution in [0.15, 0.2) is 18.2 Å². The van der Waals surface area contributed by atoms with E-state index in [4.69, 9.17) is 10.5 Å². The van der Waals surface area contributed by atoms with Gasteiger partial charge in [0, 0.05) is 6.07 Å². The van der Waals surface area contributed by atoms with Crippen LogP contribution in [0.1, 0.15) is 13.3 Å². The largest absolute Gasteiger partial charge is 0.491 e. The Morgan fingerprint density at radius 1 is 1.44 bits per heavy atom. The van der Waals surface area contributed by atoms with Crippen molar-refractivity contribution < 1.29 is 17.5 Å². The van der Waals surface area contributed by atoms with Gasteiger partial charge in [0.25, 0.3) is 0 Å². The number of benzene rings is 1. The van der Waals surface area contributed by atoms with Crippen molar-refractivity contribution in [1.29, 1.82) is 0 Å². The average Bonchev–Trinajstić information content (AvgIpc) is 2.30. The Balaban J connectivity index is 2.77. The van der Waals surface area contributed by atoms with Crippen LogP contribution in [0.3, 0.4) is 0 Å². The van der Waals surface area contributed by atoms with Crippen molar-refractivity contribution in [3.8, 4) is 5.75 Å². The van der Waals surface area contributed by atoms with E-state index in [1.165, 1.54) is 12.1 Å². The third kappa shape index (κ3) is 4.50. The van der Waals surface area contributed by atoms with Crippen molar-refractivity contribution in [1.82, 2.24) is 0 Å². The average molecular weight is 276 g/mol.